The van der Waals surface area contributed by atoms with Gasteiger partial charge < -0.3 is 19.9 Å². The third kappa shape index (κ3) is 8.23. The molecule has 1 heterocycles. The molecular weight excluding hydrogens is 667 g/mol. The van der Waals surface area contributed by atoms with Crippen LogP contribution >= 0.6 is 0 Å². The van der Waals surface area contributed by atoms with Crippen LogP contribution in [0.1, 0.15) is 77.1 Å². The van der Waals surface area contributed by atoms with Crippen LogP contribution in [0, 0.1) is 29.1 Å². The summed E-state index contributed by atoms with van der Waals surface area (Å²) in [4.78, 5) is 15.0. The Balaban J connectivity index is 1.22. The Morgan fingerprint density at radius 1 is 0.824 bits per heavy atom. The van der Waals surface area contributed by atoms with Crippen LogP contribution in [-0.4, -0.2) is 41.1 Å². The van der Waals surface area contributed by atoms with Crippen molar-refractivity contribution in [2.45, 2.75) is 69.8 Å². The van der Waals surface area contributed by atoms with Crippen LogP contribution in [0.25, 0.3) is 11.1 Å². The van der Waals surface area contributed by atoms with E-state index in [0.29, 0.717) is 18.0 Å². The van der Waals surface area contributed by atoms with Gasteiger partial charge in [-0.15, -0.1) is 6.58 Å². The van der Waals surface area contributed by atoms with Crippen LogP contribution in [0.4, 0.5) is 22.0 Å². The normalized spacial score (nSPS) is 19.4. The van der Waals surface area contributed by atoms with Crippen molar-refractivity contribution < 1.29 is 41.3 Å². The number of hydrogen-bond acceptors (Lipinski definition) is 5. The van der Waals surface area contributed by atoms with Crippen LogP contribution in [0.2, 0.25) is 0 Å². The van der Waals surface area contributed by atoms with Crippen molar-refractivity contribution in [2.24, 2.45) is 0 Å². The third-order valence-corrected chi connectivity index (χ3v) is 9.57. The lowest BCUT2D eigenvalue weighted by Gasteiger charge is -2.39. The van der Waals surface area contributed by atoms with Gasteiger partial charge in [-0.1, -0.05) is 79.6 Å². The fourth-order valence-electron chi connectivity index (χ4n) is 6.90. The molecule has 2 aliphatic rings. The number of carbonyl (C=O) groups excluding carboxylic acids is 1. The van der Waals surface area contributed by atoms with E-state index in [0.717, 1.165) is 53.7 Å². The Labute approximate surface area is 293 Å². The quantitative estimate of drug-likeness (QED) is 0.0670. The summed E-state index contributed by atoms with van der Waals surface area (Å²) in [6.45, 7) is 5.18. The number of hydrogen-bond donors (Lipinski definition) is 2. The molecule has 0 unspecified atom stereocenters. The van der Waals surface area contributed by atoms with Gasteiger partial charge in [0.2, 0.25) is 5.82 Å². The number of benzene rings is 4. The van der Waals surface area contributed by atoms with E-state index in [2.05, 4.69) is 16.8 Å². The highest BCUT2D eigenvalue weighted by Crippen LogP contribution is 2.40. The van der Waals surface area contributed by atoms with Gasteiger partial charge in [-0.2, -0.15) is 0 Å². The number of nitrogens with one attached hydrogen (secondary N) is 1. The lowest BCUT2D eigenvalue weighted by molar-refractivity contribution is -0.253. The SMILES string of the molecule is C=CCN(C[C@@H]1C[C@H](c2ccc(CO)cc2)O[C@H](c2cccc(-c3cccc(CNC(=O)c4c(F)c(F)c(F)c(F)c4F)c3)c2)O1)C1CCCC1. The molecule has 51 heavy (non-hydrogen) atoms. The summed E-state index contributed by atoms with van der Waals surface area (Å²) in [5.74, 6) is -12.5. The number of aliphatic hydroxyl groups excluding tert-OH is 1. The lowest BCUT2D eigenvalue weighted by atomic mass is 9.98. The average Bonchev–Trinajstić information content (AvgIpc) is 3.71. The third-order valence-electron chi connectivity index (χ3n) is 9.57. The highest BCUT2D eigenvalue weighted by molar-refractivity contribution is 5.94. The second-order valence-corrected chi connectivity index (χ2v) is 13.0. The van der Waals surface area contributed by atoms with Gasteiger partial charge in [0.25, 0.3) is 5.91 Å². The molecule has 3 atom stereocenters. The standard InChI is InChI=1S/C40H39F5N2O4/c1-2-17-47(30-11-3-4-12-30)22-31-20-32(26-15-13-24(23-48)14-16-26)51-40(50-31)29-10-6-9-28(19-29)27-8-5-7-25(18-27)21-46-39(49)33-34(41)36(43)38(45)37(44)35(33)42/h2,5-10,13-16,18-19,30-32,40,48H,1,3-4,11-12,17,20-23H2,(H,46,49)/t31-,32+,40+/m0/s1. The zero-order valence-corrected chi connectivity index (χ0v) is 27.9. The van der Waals surface area contributed by atoms with Crippen LogP contribution < -0.4 is 5.32 Å². The molecule has 6 rings (SSSR count). The maximum Gasteiger partial charge on any atom is 0.257 e. The minimum atomic E-state index is -2.33. The van der Waals surface area contributed by atoms with E-state index >= 15 is 0 Å². The van der Waals surface area contributed by atoms with Crippen LogP contribution in [0.15, 0.2) is 85.5 Å². The second kappa shape index (κ2) is 16.3. The van der Waals surface area contributed by atoms with E-state index in [1.165, 1.54) is 12.8 Å². The zero-order valence-electron chi connectivity index (χ0n) is 27.9. The molecule has 4 aromatic rings. The Hall–Kier alpha value is -4.42. The summed E-state index contributed by atoms with van der Waals surface area (Å²) in [5, 5.41) is 11.8. The molecule has 0 aromatic heterocycles. The maximum atomic E-state index is 14.2. The predicted octanol–water partition coefficient (Wildman–Crippen LogP) is 8.45. The maximum absolute atomic E-state index is 14.2. The van der Waals surface area contributed by atoms with E-state index < -0.39 is 46.8 Å². The molecule has 1 aliphatic carbocycles. The van der Waals surface area contributed by atoms with E-state index in [1.807, 2.05) is 60.7 Å². The van der Waals surface area contributed by atoms with Crippen molar-refractivity contribution in [3.05, 3.63) is 142 Å². The summed E-state index contributed by atoms with van der Waals surface area (Å²) in [6.07, 6.45) is 6.20. The van der Waals surface area contributed by atoms with Crippen molar-refractivity contribution in [2.75, 3.05) is 13.1 Å². The topological polar surface area (TPSA) is 71.0 Å². The molecule has 1 amide bonds. The molecule has 2 fully saturated rings. The number of amides is 1. The van der Waals surface area contributed by atoms with E-state index in [4.69, 9.17) is 9.47 Å². The molecule has 0 radical (unpaired) electrons. The summed E-state index contributed by atoms with van der Waals surface area (Å²) in [7, 11) is 0. The first-order valence-corrected chi connectivity index (χ1v) is 17.0. The van der Waals surface area contributed by atoms with Gasteiger partial charge >= 0.3 is 0 Å². The lowest BCUT2D eigenvalue weighted by Crippen LogP contribution is -2.43. The first kappa shape index (κ1) is 36.4. The number of nitrogens with zero attached hydrogens (tertiary/aromatic N) is 1. The van der Waals surface area contributed by atoms with Crippen LogP contribution in [-0.2, 0) is 22.6 Å². The first-order valence-electron chi connectivity index (χ1n) is 17.0. The van der Waals surface area contributed by atoms with Crippen molar-refractivity contribution in [1.82, 2.24) is 10.2 Å². The number of ether oxygens (including phenoxy) is 2. The molecular formula is C40H39F5N2O4. The van der Waals surface area contributed by atoms with Crippen molar-refractivity contribution in [1.29, 1.82) is 0 Å². The number of rotatable bonds is 12. The Morgan fingerprint density at radius 2 is 1.47 bits per heavy atom. The summed E-state index contributed by atoms with van der Waals surface area (Å²) < 4.78 is 82.4. The van der Waals surface area contributed by atoms with Gasteiger partial charge in [-0.05, 0) is 52.8 Å². The number of aliphatic hydroxyl groups is 1. The van der Waals surface area contributed by atoms with Gasteiger partial charge in [0.15, 0.2) is 29.6 Å². The Morgan fingerprint density at radius 3 is 2.14 bits per heavy atom. The molecule has 11 heteroatoms. The Bertz CT molecular complexity index is 1840. The van der Waals surface area contributed by atoms with Gasteiger partial charge in [0.1, 0.15) is 5.56 Å². The highest BCUT2D eigenvalue weighted by atomic mass is 19.2. The fourth-order valence-corrected chi connectivity index (χ4v) is 6.90. The molecule has 4 aromatic carbocycles. The zero-order chi connectivity index (χ0) is 36.1. The number of carbonyl (C=O) groups is 1. The van der Waals surface area contributed by atoms with Gasteiger partial charge in [-0.3, -0.25) is 9.69 Å². The van der Waals surface area contributed by atoms with Crippen molar-refractivity contribution in [3.63, 3.8) is 0 Å². The fraction of sp³-hybridized carbons (Fsp3) is 0.325. The number of halogens is 5. The van der Waals surface area contributed by atoms with Crippen molar-refractivity contribution >= 4 is 5.91 Å². The average molecular weight is 707 g/mol. The molecule has 1 saturated heterocycles. The van der Waals surface area contributed by atoms with Gasteiger partial charge in [-0.25, -0.2) is 22.0 Å². The van der Waals surface area contributed by atoms with E-state index in [-0.39, 0.29) is 25.4 Å². The highest BCUT2D eigenvalue weighted by Gasteiger charge is 2.35. The van der Waals surface area contributed by atoms with E-state index in [1.54, 1.807) is 18.2 Å². The molecule has 268 valence electrons. The monoisotopic (exact) mass is 706 g/mol. The smallest absolute Gasteiger partial charge is 0.257 e. The molecule has 1 aliphatic heterocycles. The minimum Gasteiger partial charge on any atom is -0.392 e. The molecule has 2 N–H and O–H groups in total. The summed E-state index contributed by atoms with van der Waals surface area (Å²) in [5.41, 5.74) is 3.12. The predicted molar refractivity (Wildman–Crippen MR) is 182 cm³/mol. The second-order valence-electron chi connectivity index (χ2n) is 13.0. The van der Waals surface area contributed by atoms with Crippen LogP contribution in [0.5, 0.6) is 0 Å². The van der Waals surface area contributed by atoms with Gasteiger partial charge in [0, 0.05) is 37.7 Å². The van der Waals surface area contributed by atoms with E-state index in [9.17, 15) is 31.9 Å². The first-order chi connectivity index (χ1) is 24.7. The van der Waals surface area contributed by atoms with Crippen molar-refractivity contribution in [3.8, 4) is 11.1 Å². The Kier molecular flexibility index (Phi) is 11.6. The molecule has 1 saturated carbocycles. The molecule has 0 bridgehead atoms. The summed E-state index contributed by atoms with van der Waals surface area (Å²) >= 11 is 0. The van der Waals surface area contributed by atoms with Crippen LogP contribution in [0.3, 0.4) is 0 Å². The largest absolute Gasteiger partial charge is 0.392 e. The minimum absolute atomic E-state index is 0.0518. The van der Waals surface area contributed by atoms with Gasteiger partial charge in [0.05, 0.1) is 18.8 Å². The molecule has 0 spiro atoms. The molecule has 6 nitrogen and oxygen atoms in total. The summed E-state index contributed by atoms with van der Waals surface area (Å²) in [6, 6.07) is 22.8.